The lowest BCUT2D eigenvalue weighted by Gasteiger charge is -2.29. The fraction of sp³-hybridized carbons (Fsp3) is 0.107. The first-order chi connectivity index (χ1) is 17.8. The molecule has 0 spiro atoms. The molecule has 0 unspecified atom stereocenters. The summed E-state index contributed by atoms with van der Waals surface area (Å²) in [4.78, 5) is 27.5. The van der Waals surface area contributed by atoms with Crippen LogP contribution in [0.3, 0.4) is 0 Å². The number of methoxy groups -OCH3 is 1. The molecule has 1 aliphatic heterocycles. The Morgan fingerprint density at radius 3 is 2.49 bits per heavy atom. The second kappa shape index (κ2) is 11.9. The van der Waals surface area contributed by atoms with Crippen LogP contribution in [0.5, 0.6) is 11.5 Å². The fourth-order valence-corrected chi connectivity index (χ4v) is 4.73. The van der Waals surface area contributed by atoms with Gasteiger partial charge in [-0.2, -0.15) is 0 Å². The van der Waals surface area contributed by atoms with Crippen molar-refractivity contribution in [2.24, 2.45) is 0 Å². The van der Waals surface area contributed by atoms with E-state index < -0.39 is 11.8 Å². The Balaban J connectivity index is 1.69. The van der Waals surface area contributed by atoms with Crippen LogP contribution in [0, 0.1) is 0 Å². The zero-order chi connectivity index (χ0) is 26.5. The van der Waals surface area contributed by atoms with Crippen LogP contribution in [0.2, 0.25) is 0 Å². The fourth-order valence-electron chi connectivity index (χ4n) is 3.80. The Hall–Kier alpha value is -3.27. The molecule has 0 bridgehead atoms. The Morgan fingerprint density at radius 2 is 1.81 bits per heavy atom. The van der Waals surface area contributed by atoms with E-state index in [2.05, 4.69) is 43.8 Å². The summed E-state index contributed by atoms with van der Waals surface area (Å²) >= 11 is 12.1. The standard InChI is InChI=1S/C28H22Br2N2O4S/c1-3-5-19-12-18(14-24(35-2)25(19)36-16-17-8-10-20(29)11-9-17)13-23-26(33)31-28(37)32(27(23)34)22-7-4-6-21(30)15-22/h3-4,6-15H,1,5,16H2,2H3,(H,31,33,37)/b23-13+. The highest BCUT2D eigenvalue weighted by atomic mass is 79.9. The number of hydrogen-bond donors (Lipinski definition) is 1. The van der Waals surface area contributed by atoms with Crippen molar-refractivity contribution < 1.29 is 19.1 Å². The maximum atomic E-state index is 13.4. The van der Waals surface area contributed by atoms with Gasteiger partial charge in [0.25, 0.3) is 11.8 Å². The molecule has 2 amide bonds. The lowest BCUT2D eigenvalue weighted by atomic mass is 10.0. The maximum Gasteiger partial charge on any atom is 0.270 e. The molecule has 1 heterocycles. The summed E-state index contributed by atoms with van der Waals surface area (Å²) in [5.74, 6) is -0.0390. The number of anilines is 1. The third-order valence-electron chi connectivity index (χ3n) is 5.51. The molecule has 0 saturated carbocycles. The first-order valence-corrected chi connectivity index (χ1v) is 13.2. The lowest BCUT2D eigenvalue weighted by molar-refractivity contribution is -0.122. The molecular formula is C28H22Br2N2O4S. The minimum Gasteiger partial charge on any atom is -0.493 e. The van der Waals surface area contributed by atoms with Crippen LogP contribution in [0.1, 0.15) is 16.7 Å². The average molecular weight is 642 g/mol. The minimum atomic E-state index is -0.568. The van der Waals surface area contributed by atoms with Crippen LogP contribution in [-0.2, 0) is 22.6 Å². The third-order valence-corrected chi connectivity index (χ3v) is 6.82. The predicted octanol–water partition coefficient (Wildman–Crippen LogP) is 6.36. The number of amides is 2. The first kappa shape index (κ1) is 26.8. The summed E-state index contributed by atoms with van der Waals surface area (Å²) in [5.41, 5.74) is 2.89. The predicted molar refractivity (Wildman–Crippen MR) is 156 cm³/mol. The van der Waals surface area contributed by atoms with Crippen molar-refractivity contribution in [2.45, 2.75) is 13.0 Å². The summed E-state index contributed by atoms with van der Waals surface area (Å²) in [6.07, 6.45) is 3.78. The molecule has 3 aromatic carbocycles. The Bertz CT molecular complexity index is 1420. The molecule has 1 fully saturated rings. The van der Waals surface area contributed by atoms with Gasteiger partial charge in [0.2, 0.25) is 0 Å². The largest absolute Gasteiger partial charge is 0.493 e. The minimum absolute atomic E-state index is 0.0202. The molecule has 0 radical (unpaired) electrons. The van der Waals surface area contributed by atoms with Crippen molar-refractivity contribution in [3.8, 4) is 11.5 Å². The van der Waals surface area contributed by atoms with Gasteiger partial charge in [0.1, 0.15) is 12.2 Å². The van der Waals surface area contributed by atoms with E-state index >= 15 is 0 Å². The number of hydrogen-bond acceptors (Lipinski definition) is 5. The molecule has 1 aliphatic rings. The monoisotopic (exact) mass is 640 g/mol. The molecule has 1 saturated heterocycles. The van der Waals surface area contributed by atoms with Gasteiger partial charge in [0, 0.05) is 14.5 Å². The number of carbonyl (C=O) groups excluding carboxylic acids is 2. The van der Waals surface area contributed by atoms with Crippen molar-refractivity contribution in [3.63, 3.8) is 0 Å². The molecule has 188 valence electrons. The van der Waals surface area contributed by atoms with E-state index in [0.29, 0.717) is 35.8 Å². The number of rotatable bonds is 8. The summed E-state index contributed by atoms with van der Waals surface area (Å²) < 4.78 is 13.5. The van der Waals surface area contributed by atoms with E-state index in [1.165, 1.54) is 11.0 Å². The Labute approximate surface area is 237 Å². The third kappa shape index (κ3) is 6.18. The van der Waals surface area contributed by atoms with Crippen LogP contribution < -0.4 is 19.7 Å². The maximum absolute atomic E-state index is 13.4. The summed E-state index contributed by atoms with van der Waals surface area (Å²) in [6.45, 7) is 4.19. The SMILES string of the molecule is C=CCc1cc(/C=C2\C(=O)NC(=S)N(c3cccc(Br)c3)C2=O)cc(OC)c1OCc1ccc(Br)cc1. The Morgan fingerprint density at radius 1 is 1.05 bits per heavy atom. The summed E-state index contributed by atoms with van der Waals surface area (Å²) in [5, 5.41) is 2.63. The molecule has 0 atom stereocenters. The normalized spacial score (nSPS) is 14.5. The van der Waals surface area contributed by atoms with Gasteiger partial charge in [-0.3, -0.25) is 19.8 Å². The highest BCUT2D eigenvalue weighted by Gasteiger charge is 2.34. The van der Waals surface area contributed by atoms with E-state index in [-0.39, 0.29) is 10.7 Å². The van der Waals surface area contributed by atoms with Crippen molar-refractivity contribution in [3.05, 3.63) is 105 Å². The van der Waals surface area contributed by atoms with Gasteiger partial charge in [-0.15, -0.1) is 6.58 Å². The molecular weight excluding hydrogens is 620 g/mol. The number of allylic oxidation sites excluding steroid dienone is 1. The average Bonchev–Trinajstić information content (AvgIpc) is 2.86. The zero-order valence-corrected chi connectivity index (χ0v) is 23.8. The number of benzene rings is 3. The number of carbonyl (C=O) groups is 2. The van der Waals surface area contributed by atoms with E-state index in [0.717, 1.165) is 20.1 Å². The van der Waals surface area contributed by atoms with Crippen molar-refractivity contribution in [1.29, 1.82) is 0 Å². The topological polar surface area (TPSA) is 67.9 Å². The molecule has 0 aromatic heterocycles. The van der Waals surface area contributed by atoms with Crippen LogP contribution in [-0.4, -0.2) is 24.0 Å². The van der Waals surface area contributed by atoms with Crippen LogP contribution in [0.15, 0.2) is 87.8 Å². The van der Waals surface area contributed by atoms with Gasteiger partial charge in [0.15, 0.2) is 16.6 Å². The van der Waals surface area contributed by atoms with Gasteiger partial charge < -0.3 is 9.47 Å². The highest BCUT2D eigenvalue weighted by Crippen LogP contribution is 2.35. The van der Waals surface area contributed by atoms with Crippen LogP contribution in [0.25, 0.3) is 6.08 Å². The van der Waals surface area contributed by atoms with Gasteiger partial charge in [0.05, 0.1) is 12.8 Å². The van der Waals surface area contributed by atoms with Crippen molar-refractivity contribution >= 4 is 72.8 Å². The van der Waals surface area contributed by atoms with Gasteiger partial charge in [-0.1, -0.05) is 56.1 Å². The highest BCUT2D eigenvalue weighted by molar-refractivity contribution is 9.10. The number of thiocarbonyl (C=S) groups is 1. The quantitative estimate of drug-likeness (QED) is 0.134. The molecule has 0 aliphatic carbocycles. The number of nitrogens with zero attached hydrogens (tertiary/aromatic N) is 1. The van der Waals surface area contributed by atoms with Crippen molar-refractivity contribution in [2.75, 3.05) is 12.0 Å². The second-order valence-corrected chi connectivity index (χ2v) is 10.3. The van der Waals surface area contributed by atoms with E-state index in [1.54, 1.807) is 37.5 Å². The first-order valence-electron chi connectivity index (χ1n) is 11.2. The van der Waals surface area contributed by atoms with E-state index in [1.807, 2.05) is 36.4 Å². The zero-order valence-electron chi connectivity index (χ0n) is 19.8. The van der Waals surface area contributed by atoms with Gasteiger partial charge in [-0.25, -0.2) is 0 Å². The summed E-state index contributed by atoms with van der Waals surface area (Å²) in [6, 6.07) is 18.5. The molecule has 9 heteroatoms. The molecule has 3 aromatic rings. The smallest absolute Gasteiger partial charge is 0.270 e. The summed E-state index contributed by atoms with van der Waals surface area (Å²) in [7, 11) is 1.54. The van der Waals surface area contributed by atoms with E-state index in [9.17, 15) is 9.59 Å². The molecule has 37 heavy (non-hydrogen) atoms. The molecule has 1 N–H and O–H groups in total. The number of nitrogens with one attached hydrogen (secondary N) is 1. The molecule has 6 nitrogen and oxygen atoms in total. The van der Waals surface area contributed by atoms with Gasteiger partial charge >= 0.3 is 0 Å². The van der Waals surface area contributed by atoms with Crippen molar-refractivity contribution in [1.82, 2.24) is 5.32 Å². The number of ether oxygens (including phenoxy) is 2. The van der Waals surface area contributed by atoms with Crippen LogP contribution >= 0.6 is 44.1 Å². The lowest BCUT2D eigenvalue weighted by Crippen LogP contribution is -2.54. The van der Waals surface area contributed by atoms with Gasteiger partial charge in [-0.05, 0) is 78.3 Å². The Kier molecular flexibility index (Phi) is 8.58. The second-order valence-electron chi connectivity index (χ2n) is 8.06. The molecule has 4 rings (SSSR count). The number of halogens is 2. The van der Waals surface area contributed by atoms with Crippen LogP contribution in [0.4, 0.5) is 5.69 Å². The van der Waals surface area contributed by atoms with E-state index in [4.69, 9.17) is 21.7 Å².